The molecule has 4 rings (SSSR count). The van der Waals surface area contributed by atoms with Crippen LogP contribution in [0.15, 0.2) is 58.9 Å². The van der Waals surface area contributed by atoms with E-state index in [2.05, 4.69) is 43.8 Å². The number of aromatic nitrogens is 1. The number of hydrogen-bond acceptors (Lipinski definition) is 6. The standard InChI is InChI=1S/C22H24ClFN4S2/c1-27(17-7-10-28(11-8-17)15-16-5-3-2-4-6-16)20-14-19(24)21(13-18(20)23)30-26-22-25-9-12-29-22/h2-6,9,12-14,17H,7-8,10-11,15H2,1H3,(H,25,26). The van der Waals surface area contributed by atoms with E-state index in [1.54, 1.807) is 18.3 Å². The molecule has 0 saturated carbocycles. The molecule has 0 aliphatic carbocycles. The third-order valence-electron chi connectivity index (χ3n) is 5.42. The molecule has 0 atom stereocenters. The topological polar surface area (TPSA) is 31.4 Å². The van der Waals surface area contributed by atoms with Crippen LogP contribution in [-0.4, -0.2) is 36.1 Å². The van der Waals surface area contributed by atoms with Crippen LogP contribution in [0.5, 0.6) is 0 Å². The lowest BCUT2D eigenvalue weighted by molar-refractivity contribution is 0.203. The minimum atomic E-state index is -0.281. The number of likely N-dealkylation sites (tertiary alicyclic amines) is 1. The van der Waals surface area contributed by atoms with Crippen molar-refractivity contribution in [3.63, 3.8) is 0 Å². The molecular weight excluding hydrogens is 439 g/mol. The molecule has 0 amide bonds. The Morgan fingerprint density at radius 1 is 1.27 bits per heavy atom. The second-order valence-corrected chi connectivity index (χ2v) is 9.53. The molecule has 8 heteroatoms. The zero-order valence-corrected chi connectivity index (χ0v) is 19.1. The highest BCUT2D eigenvalue weighted by atomic mass is 35.5. The Morgan fingerprint density at radius 2 is 2.03 bits per heavy atom. The quantitative estimate of drug-likeness (QED) is 0.425. The van der Waals surface area contributed by atoms with E-state index < -0.39 is 0 Å². The van der Waals surface area contributed by atoms with Gasteiger partial charge in [0, 0.05) is 44.3 Å². The van der Waals surface area contributed by atoms with E-state index in [4.69, 9.17) is 11.6 Å². The van der Waals surface area contributed by atoms with Crippen molar-refractivity contribution in [1.29, 1.82) is 0 Å². The number of anilines is 2. The maximum atomic E-state index is 14.7. The minimum absolute atomic E-state index is 0.281. The summed E-state index contributed by atoms with van der Waals surface area (Å²) in [5.41, 5.74) is 2.09. The van der Waals surface area contributed by atoms with Gasteiger partial charge in [0.2, 0.25) is 0 Å². The molecule has 0 spiro atoms. The third-order valence-corrected chi connectivity index (χ3v) is 7.36. The molecule has 4 nitrogen and oxygen atoms in total. The van der Waals surface area contributed by atoms with Gasteiger partial charge in [-0.25, -0.2) is 9.37 Å². The van der Waals surface area contributed by atoms with Crippen molar-refractivity contribution in [3.8, 4) is 0 Å². The zero-order valence-electron chi connectivity index (χ0n) is 16.7. The third kappa shape index (κ3) is 5.27. The van der Waals surface area contributed by atoms with E-state index >= 15 is 0 Å². The van der Waals surface area contributed by atoms with E-state index in [0.29, 0.717) is 16.0 Å². The van der Waals surface area contributed by atoms with Gasteiger partial charge >= 0.3 is 0 Å². The van der Waals surface area contributed by atoms with Crippen LogP contribution >= 0.6 is 34.9 Å². The summed E-state index contributed by atoms with van der Waals surface area (Å²) in [4.78, 5) is 9.22. The highest BCUT2D eigenvalue weighted by Crippen LogP contribution is 2.35. The Hall–Kier alpha value is -1.80. The lowest BCUT2D eigenvalue weighted by Gasteiger charge is -2.38. The molecule has 0 bridgehead atoms. The lowest BCUT2D eigenvalue weighted by atomic mass is 10.0. The zero-order chi connectivity index (χ0) is 20.9. The Labute approximate surface area is 190 Å². The van der Waals surface area contributed by atoms with Crippen LogP contribution < -0.4 is 9.62 Å². The molecule has 1 saturated heterocycles. The first-order valence-corrected chi connectivity index (χ1v) is 12.0. The smallest absolute Gasteiger partial charge is 0.192 e. The predicted molar refractivity (Wildman–Crippen MR) is 126 cm³/mol. The minimum Gasteiger partial charge on any atom is -0.370 e. The summed E-state index contributed by atoms with van der Waals surface area (Å²) in [6.07, 6.45) is 3.77. The summed E-state index contributed by atoms with van der Waals surface area (Å²) in [6.45, 7) is 3.02. The monoisotopic (exact) mass is 462 g/mol. The van der Waals surface area contributed by atoms with Crippen LogP contribution in [0.25, 0.3) is 0 Å². The largest absolute Gasteiger partial charge is 0.370 e. The highest BCUT2D eigenvalue weighted by Gasteiger charge is 2.24. The molecule has 1 aromatic heterocycles. The molecule has 3 aromatic rings. The first-order chi connectivity index (χ1) is 14.6. The summed E-state index contributed by atoms with van der Waals surface area (Å²) < 4.78 is 17.8. The van der Waals surface area contributed by atoms with Crippen molar-refractivity contribution < 1.29 is 4.39 Å². The molecule has 2 aromatic carbocycles. The summed E-state index contributed by atoms with van der Waals surface area (Å²) in [5, 5.41) is 3.17. The van der Waals surface area contributed by atoms with Gasteiger partial charge in [0.05, 0.1) is 15.6 Å². The van der Waals surface area contributed by atoms with E-state index in [1.807, 2.05) is 18.5 Å². The van der Waals surface area contributed by atoms with Gasteiger partial charge in [0.15, 0.2) is 5.13 Å². The Balaban J connectivity index is 1.36. The molecule has 2 heterocycles. The van der Waals surface area contributed by atoms with Crippen LogP contribution in [0.1, 0.15) is 18.4 Å². The second kappa shape index (κ2) is 10.0. The van der Waals surface area contributed by atoms with E-state index in [9.17, 15) is 4.39 Å². The molecule has 0 unspecified atom stereocenters. The molecule has 1 N–H and O–H groups in total. The normalized spacial score (nSPS) is 15.3. The molecule has 0 radical (unpaired) electrons. The fourth-order valence-corrected chi connectivity index (χ4v) is 5.38. The van der Waals surface area contributed by atoms with Crippen LogP contribution in [0.2, 0.25) is 5.02 Å². The van der Waals surface area contributed by atoms with E-state index in [0.717, 1.165) is 43.3 Å². The summed E-state index contributed by atoms with van der Waals surface area (Å²) in [6, 6.07) is 14.1. The van der Waals surface area contributed by atoms with Crippen LogP contribution in [0, 0.1) is 5.82 Å². The van der Waals surface area contributed by atoms with Gasteiger partial charge in [0.1, 0.15) is 5.82 Å². The number of piperidine rings is 1. The summed E-state index contributed by atoms with van der Waals surface area (Å²) in [5.74, 6) is -0.281. The van der Waals surface area contributed by atoms with Crippen LogP contribution in [0.3, 0.4) is 0 Å². The number of nitrogens with one attached hydrogen (secondary N) is 1. The Bertz CT molecular complexity index is 947. The van der Waals surface area contributed by atoms with E-state index in [-0.39, 0.29) is 5.82 Å². The van der Waals surface area contributed by atoms with Gasteiger partial charge in [-0.2, -0.15) is 0 Å². The van der Waals surface area contributed by atoms with Crippen LogP contribution in [-0.2, 0) is 6.54 Å². The van der Waals surface area contributed by atoms with Crippen molar-refractivity contribution in [3.05, 3.63) is 70.4 Å². The molecular formula is C22H24ClFN4S2. The van der Waals surface area contributed by atoms with Crippen LogP contribution in [0.4, 0.5) is 15.2 Å². The Morgan fingerprint density at radius 3 is 2.73 bits per heavy atom. The number of benzene rings is 2. The number of rotatable bonds is 7. The number of halogens is 2. The summed E-state index contributed by atoms with van der Waals surface area (Å²) in [7, 11) is 2.01. The number of thiazole rings is 1. The molecule has 1 aliphatic rings. The first-order valence-electron chi connectivity index (χ1n) is 9.90. The summed E-state index contributed by atoms with van der Waals surface area (Å²) >= 11 is 9.20. The fraction of sp³-hybridized carbons (Fsp3) is 0.318. The maximum Gasteiger partial charge on any atom is 0.192 e. The van der Waals surface area contributed by atoms with Gasteiger partial charge in [-0.3, -0.25) is 4.90 Å². The predicted octanol–water partition coefficient (Wildman–Crippen LogP) is 6.16. The van der Waals surface area contributed by atoms with Crippen molar-refractivity contribution >= 4 is 45.7 Å². The van der Waals surface area contributed by atoms with Crippen molar-refractivity contribution in [2.75, 3.05) is 29.8 Å². The SMILES string of the molecule is CN(c1cc(F)c(SNc2nccs2)cc1Cl)C1CCN(Cc2ccccc2)CC1. The van der Waals surface area contributed by atoms with Crippen molar-refractivity contribution in [2.24, 2.45) is 0 Å². The fourth-order valence-electron chi connectivity index (χ4n) is 3.74. The molecule has 1 aliphatic heterocycles. The molecule has 30 heavy (non-hydrogen) atoms. The molecule has 1 fully saturated rings. The van der Waals surface area contributed by atoms with Gasteiger partial charge in [0.25, 0.3) is 0 Å². The van der Waals surface area contributed by atoms with Gasteiger partial charge in [-0.1, -0.05) is 41.9 Å². The van der Waals surface area contributed by atoms with Gasteiger partial charge in [-0.15, -0.1) is 11.3 Å². The highest BCUT2D eigenvalue weighted by molar-refractivity contribution is 8.00. The van der Waals surface area contributed by atoms with Gasteiger partial charge < -0.3 is 9.62 Å². The average molecular weight is 463 g/mol. The maximum absolute atomic E-state index is 14.7. The lowest BCUT2D eigenvalue weighted by Crippen LogP contribution is -2.43. The molecule has 158 valence electrons. The Kier molecular flexibility index (Phi) is 7.15. The number of nitrogens with zero attached hydrogens (tertiary/aromatic N) is 3. The first kappa shape index (κ1) is 21.4. The van der Waals surface area contributed by atoms with E-state index in [1.165, 1.54) is 28.8 Å². The average Bonchev–Trinajstić information content (AvgIpc) is 3.28. The number of hydrogen-bond donors (Lipinski definition) is 1. The second-order valence-electron chi connectivity index (χ2n) is 7.38. The van der Waals surface area contributed by atoms with Gasteiger partial charge in [-0.05, 0) is 42.5 Å². The van der Waals surface area contributed by atoms with Crippen molar-refractivity contribution in [1.82, 2.24) is 9.88 Å². The van der Waals surface area contributed by atoms with Crippen molar-refractivity contribution in [2.45, 2.75) is 30.3 Å².